The molecule has 1 N–H and O–H groups in total. The van der Waals surface area contributed by atoms with Crippen LogP contribution >= 0.6 is 0 Å². The molecule has 178 valence electrons. The number of hydrogen-bond acceptors (Lipinski definition) is 5. The van der Waals surface area contributed by atoms with Gasteiger partial charge in [0.05, 0.1) is 7.11 Å². The average molecular weight is 548 g/mol. The first-order valence-corrected chi connectivity index (χ1v) is 19.6. The fourth-order valence-electron chi connectivity index (χ4n) is 4.09. The molecule has 6 heteroatoms. The van der Waals surface area contributed by atoms with Crippen molar-refractivity contribution < 1.29 is 9.53 Å². The third kappa shape index (κ3) is 9.08. The molecule has 0 amide bonds. The zero-order valence-corrected chi connectivity index (χ0v) is 23.9. The summed E-state index contributed by atoms with van der Waals surface area (Å²) in [5, 5.41) is 2.94. The maximum absolute atomic E-state index is 10.6. The van der Waals surface area contributed by atoms with Crippen molar-refractivity contribution in [1.29, 1.82) is 0 Å². The average Bonchev–Trinajstić information content (AvgIpc) is 2.82. The number of aldehydes is 1. The zero-order chi connectivity index (χ0) is 23.8. The second-order valence-corrected chi connectivity index (χ2v) is 21.5. The van der Waals surface area contributed by atoms with Crippen molar-refractivity contribution in [2.24, 2.45) is 0 Å². The van der Waals surface area contributed by atoms with Gasteiger partial charge in [0.15, 0.2) is 0 Å². The molecule has 2 rings (SSSR count). The van der Waals surface area contributed by atoms with E-state index in [9.17, 15) is 4.79 Å². The summed E-state index contributed by atoms with van der Waals surface area (Å²) in [5.74, 6) is 1.69. The number of carbonyl (C=O) groups excluding carboxylic acids is 1. The van der Waals surface area contributed by atoms with E-state index in [0.29, 0.717) is 6.42 Å². The number of hydrogen-bond donors (Lipinski definition) is 1. The Morgan fingerprint density at radius 1 is 1.00 bits per heavy atom. The van der Waals surface area contributed by atoms with Gasteiger partial charge in [0.1, 0.15) is 11.6 Å². The van der Waals surface area contributed by atoms with Crippen molar-refractivity contribution in [3.05, 3.63) is 41.7 Å². The van der Waals surface area contributed by atoms with Crippen LogP contribution in [0.2, 0.25) is 13.3 Å². The Labute approximate surface area is 199 Å². The van der Waals surface area contributed by atoms with Gasteiger partial charge in [0.2, 0.25) is 0 Å². The number of nitrogens with one attached hydrogen (secondary N) is 1. The van der Waals surface area contributed by atoms with Gasteiger partial charge in [-0.15, -0.1) is 0 Å². The molecule has 0 unspecified atom stereocenters. The van der Waals surface area contributed by atoms with Crippen LogP contribution in [0.25, 0.3) is 0 Å². The molecule has 0 fully saturated rings. The first-order chi connectivity index (χ1) is 15.5. The Morgan fingerprint density at radius 3 is 2.16 bits per heavy atom. The molecule has 2 heterocycles. The van der Waals surface area contributed by atoms with E-state index < -0.39 is 18.4 Å². The van der Waals surface area contributed by atoms with Crippen molar-refractivity contribution in [3.63, 3.8) is 0 Å². The number of rotatable bonds is 13. The molecule has 0 bridgehead atoms. The van der Waals surface area contributed by atoms with E-state index in [-0.39, 0.29) is 0 Å². The molecule has 0 spiro atoms. The van der Waals surface area contributed by atoms with Crippen LogP contribution in [-0.4, -0.2) is 48.8 Å². The van der Waals surface area contributed by atoms with Gasteiger partial charge >= 0.3 is 135 Å². The van der Waals surface area contributed by atoms with Crippen molar-refractivity contribution >= 4 is 34.2 Å². The molecule has 2 aromatic heterocycles. The Morgan fingerprint density at radius 2 is 1.69 bits per heavy atom. The SMILES string of the molecule is CCC[CH2][Sn]([CH2]CC)([CH2]CCC)[c]1ccc(CC=O)cn1.CNc1cc(OC)c(C)cn1. The van der Waals surface area contributed by atoms with Crippen LogP contribution in [0.3, 0.4) is 0 Å². The molecule has 2 aromatic rings. The Balaban J connectivity index is 0.000000389. The van der Waals surface area contributed by atoms with Gasteiger partial charge in [-0.25, -0.2) is 4.98 Å². The normalized spacial score (nSPS) is 10.8. The monoisotopic (exact) mass is 549 g/mol. The van der Waals surface area contributed by atoms with Crippen LogP contribution in [0.15, 0.2) is 30.6 Å². The fourth-order valence-corrected chi connectivity index (χ4v) is 19.2. The molecule has 5 nitrogen and oxygen atoms in total. The molecule has 0 aromatic carbocycles. The van der Waals surface area contributed by atoms with Crippen molar-refractivity contribution in [2.45, 2.75) is 79.5 Å². The van der Waals surface area contributed by atoms with E-state index in [1.807, 2.05) is 26.2 Å². The fraction of sp³-hybridized carbons (Fsp3) is 0.577. The first-order valence-electron chi connectivity index (χ1n) is 12.1. The minimum absolute atomic E-state index is 0.494. The standard InChI is InChI=1S/C8H12N2O.C7H6NO.2C4H9.C3H7.Sn/c1-6-5-10-8(9-2)4-7(6)11-3;9-5-3-7-2-1-4-8-6-7;2*1-3-4-2;1-3-2;/h4-5H,1-3H3,(H,9,10);1-2,5-6H,3H2;2*1,3-4H2,2H3;1,3H2,2H3;. The summed E-state index contributed by atoms with van der Waals surface area (Å²) in [6.45, 7) is 8.88. The van der Waals surface area contributed by atoms with E-state index in [2.05, 4.69) is 43.2 Å². The predicted octanol–water partition coefficient (Wildman–Crippen LogP) is 5.93. The number of ether oxygens (including phenoxy) is 1. The molecule has 0 aliphatic heterocycles. The molecule has 0 aliphatic carbocycles. The summed E-state index contributed by atoms with van der Waals surface area (Å²) in [7, 11) is 3.48. The van der Waals surface area contributed by atoms with Crippen LogP contribution in [-0.2, 0) is 11.2 Å². The third-order valence-electron chi connectivity index (χ3n) is 5.96. The summed E-state index contributed by atoms with van der Waals surface area (Å²) in [4.78, 5) is 19.6. The number of anilines is 1. The first kappa shape index (κ1) is 28.4. The number of aromatic nitrogens is 2. The largest absolute Gasteiger partial charge is 0.496 e. The van der Waals surface area contributed by atoms with Gasteiger partial charge in [0.25, 0.3) is 0 Å². The molecule has 0 aliphatic rings. The Kier molecular flexibility index (Phi) is 14.2. The maximum Gasteiger partial charge on any atom is 0.129 e. The van der Waals surface area contributed by atoms with E-state index in [1.54, 1.807) is 13.3 Å². The van der Waals surface area contributed by atoms with Crippen molar-refractivity contribution in [3.8, 4) is 5.75 Å². The van der Waals surface area contributed by atoms with E-state index in [4.69, 9.17) is 9.72 Å². The van der Waals surface area contributed by atoms with Gasteiger partial charge < -0.3 is 10.1 Å². The van der Waals surface area contributed by atoms with Gasteiger partial charge in [0, 0.05) is 24.9 Å². The summed E-state index contributed by atoms with van der Waals surface area (Å²) < 4.78 is 10.9. The number of methoxy groups -OCH3 is 1. The Hall–Kier alpha value is -1.63. The van der Waals surface area contributed by atoms with E-state index >= 15 is 0 Å². The quantitative estimate of drug-likeness (QED) is 0.249. The summed E-state index contributed by atoms with van der Waals surface area (Å²) in [6, 6.07) is 6.27. The van der Waals surface area contributed by atoms with Crippen LogP contribution < -0.4 is 13.8 Å². The van der Waals surface area contributed by atoms with Gasteiger partial charge in [-0.2, -0.15) is 0 Å². The van der Waals surface area contributed by atoms with Crippen LogP contribution in [0.4, 0.5) is 5.82 Å². The Bertz CT molecular complexity index is 773. The van der Waals surface area contributed by atoms with E-state index in [0.717, 1.165) is 29.0 Å². The smallest absolute Gasteiger partial charge is 0.129 e. The summed E-state index contributed by atoms with van der Waals surface area (Å²) >= 11 is -2.33. The molecular formula is C26H43N3O2Sn. The van der Waals surface area contributed by atoms with Gasteiger partial charge in [-0.3, -0.25) is 0 Å². The zero-order valence-electron chi connectivity index (χ0n) is 21.0. The second-order valence-electron chi connectivity index (χ2n) is 8.45. The van der Waals surface area contributed by atoms with Crippen LogP contribution in [0, 0.1) is 6.92 Å². The molecule has 32 heavy (non-hydrogen) atoms. The molecule has 0 atom stereocenters. The van der Waals surface area contributed by atoms with Crippen LogP contribution in [0.5, 0.6) is 5.75 Å². The van der Waals surface area contributed by atoms with Crippen LogP contribution in [0.1, 0.15) is 64.0 Å². The van der Waals surface area contributed by atoms with Crippen molar-refractivity contribution in [1.82, 2.24) is 9.97 Å². The number of nitrogens with zero attached hydrogens (tertiary/aromatic N) is 2. The molecule has 0 radical (unpaired) electrons. The molecule has 0 saturated carbocycles. The summed E-state index contributed by atoms with van der Waals surface area (Å²) in [5.41, 5.74) is 2.10. The van der Waals surface area contributed by atoms with E-state index in [1.165, 1.54) is 49.1 Å². The van der Waals surface area contributed by atoms with Gasteiger partial charge in [-0.1, -0.05) is 0 Å². The summed E-state index contributed by atoms with van der Waals surface area (Å²) in [6.07, 6.45) is 11.8. The van der Waals surface area contributed by atoms with Crippen molar-refractivity contribution in [2.75, 3.05) is 19.5 Å². The molecule has 0 saturated heterocycles. The predicted molar refractivity (Wildman–Crippen MR) is 139 cm³/mol. The number of carbonyl (C=O) groups is 1. The molecular weight excluding hydrogens is 505 g/mol. The maximum atomic E-state index is 10.6. The van der Waals surface area contributed by atoms with Gasteiger partial charge in [-0.05, 0) is 6.92 Å². The number of unbranched alkanes of at least 4 members (excludes halogenated alkanes) is 2. The minimum atomic E-state index is -2.33. The number of aryl methyl sites for hydroxylation is 1. The number of pyridine rings is 2. The third-order valence-corrected chi connectivity index (χ3v) is 21.5. The topological polar surface area (TPSA) is 64.1 Å². The second kappa shape index (κ2) is 16.1. The minimum Gasteiger partial charge on any atom is -0.496 e.